The molecule has 0 aliphatic heterocycles. The number of fused-ring (bicyclic) bond motifs is 1. The molecule has 4 nitrogen and oxygen atoms in total. The number of aromatic nitrogens is 2. The minimum absolute atomic E-state index is 0.0513. The number of pyridine rings is 1. The van der Waals surface area contributed by atoms with Crippen molar-refractivity contribution < 1.29 is 4.79 Å². The highest BCUT2D eigenvalue weighted by Crippen LogP contribution is 2.20. The van der Waals surface area contributed by atoms with Gasteiger partial charge >= 0.3 is 0 Å². The number of hydrogen-bond acceptors (Lipinski definition) is 3. The Labute approximate surface area is 91.7 Å². The van der Waals surface area contributed by atoms with Gasteiger partial charge in [-0.1, -0.05) is 11.6 Å². The lowest BCUT2D eigenvalue weighted by Gasteiger charge is -1.99. The van der Waals surface area contributed by atoms with Crippen LogP contribution in [0.1, 0.15) is 12.7 Å². The van der Waals surface area contributed by atoms with Crippen LogP contribution in [0.5, 0.6) is 0 Å². The minimum Gasteiger partial charge on any atom is -0.399 e. The lowest BCUT2D eigenvalue weighted by molar-refractivity contribution is -0.116. The standard InChI is InChI=1S/C10H10ClN3O/c1-6(15)4-9-13-10(11)8-5-7(12)2-3-14(8)9/h2-3,5H,4,12H2,1H3. The van der Waals surface area contributed by atoms with Crippen molar-refractivity contribution in [3.05, 3.63) is 29.3 Å². The second-order valence-corrected chi connectivity index (χ2v) is 3.77. The van der Waals surface area contributed by atoms with Crippen LogP contribution in [0.2, 0.25) is 5.15 Å². The first kappa shape index (κ1) is 9.98. The molecule has 2 heterocycles. The fourth-order valence-electron chi connectivity index (χ4n) is 1.47. The summed E-state index contributed by atoms with van der Waals surface area (Å²) in [6.07, 6.45) is 2.04. The molecule has 15 heavy (non-hydrogen) atoms. The summed E-state index contributed by atoms with van der Waals surface area (Å²) in [7, 11) is 0. The molecule has 0 aliphatic rings. The van der Waals surface area contributed by atoms with E-state index in [-0.39, 0.29) is 12.2 Å². The van der Waals surface area contributed by atoms with Crippen LogP contribution in [-0.2, 0) is 11.2 Å². The fourth-order valence-corrected chi connectivity index (χ4v) is 1.72. The second kappa shape index (κ2) is 3.55. The van der Waals surface area contributed by atoms with Crippen molar-refractivity contribution in [3.8, 4) is 0 Å². The maximum absolute atomic E-state index is 11.0. The molecule has 0 saturated carbocycles. The number of carbonyl (C=O) groups is 1. The molecule has 0 aromatic carbocycles. The number of imidazole rings is 1. The Morgan fingerprint density at radius 1 is 1.67 bits per heavy atom. The molecule has 0 radical (unpaired) electrons. The van der Waals surface area contributed by atoms with Crippen molar-refractivity contribution in [2.75, 3.05) is 5.73 Å². The minimum atomic E-state index is 0.0513. The second-order valence-electron chi connectivity index (χ2n) is 3.41. The Hall–Kier alpha value is -1.55. The predicted molar refractivity (Wildman–Crippen MR) is 59.0 cm³/mol. The van der Waals surface area contributed by atoms with Crippen molar-refractivity contribution in [3.63, 3.8) is 0 Å². The molecule has 78 valence electrons. The zero-order valence-corrected chi connectivity index (χ0v) is 8.95. The largest absolute Gasteiger partial charge is 0.399 e. The molecule has 0 unspecified atom stereocenters. The van der Waals surface area contributed by atoms with E-state index >= 15 is 0 Å². The Balaban J connectivity index is 2.62. The third kappa shape index (κ3) is 1.80. The zero-order valence-electron chi connectivity index (χ0n) is 8.20. The molecule has 0 spiro atoms. The van der Waals surface area contributed by atoms with Gasteiger partial charge in [0, 0.05) is 11.9 Å². The lowest BCUT2D eigenvalue weighted by Crippen LogP contribution is -2.02. The Kier molecular flexibility index (Phi) is 2.36. The van der Waals surface area contributed by atoms with Crippen molar-refractivity contribution in [1.82, 2.24) is 9.38 Å². The van der Waals surface area contributed by atoms with Gasteiger partial charge in [0.15, 0.2) is 5.15 Å². The average Bonchev–Trinajstić information content (AvgIpc) is 2.42. The van der Waals surface area contributed by atoms with Gasteiger partial charge in [0.2, 0.25) is 0 Å². The van der Waals surface area contributed by atoms with Crippen molar-refractivity contribution in [2.45, 2.75) is 13.3 Å². The van der Waals surface area contributed by atoms with Gasteiger partial charge in [-0.2, -0.15) is 0 Å². The van der Waals surface area contributed by atoms with Gasteiger partial charge < -0.3 is 10.1 Å². The van der Waals surface area contributed by atoms with Gasteiger partial charge in [0.1, 0.15) is 11.6 Å². The van der Waals surface area contributed by atoms with Crippen LogP contribution in [0.25, 0.3) is 5.52 Å². The van der Waals surface area contributed by atoms with Gasteiger partial charge in [-0.15, -0.1) is 0 Å². The summed E-state index contributed by atoms with van der Waals surface area (Å²) in [4.78, 5) is 15.1. The highest BCUT2D eigenvalue weighted by molar-refractivity contribution is 6.32. The van der Waals surface area contributed by atoms with Crippen LogP contribution in [0.3, 0.4) is 0 Å². The third-order valence-electron chi connectivity index (χ3n) is 2.10. The smallest absolute Gasteiger partial charge is 0.155 e. The molecule has 0 fully saturated rings. The average molecular weight is 224 g/mol. The number of halogens is 1. The number of carbonyl (C=O) groups excluding carboxylic acids is 1. The monoisotopic (exact) mass is 223 g/mol. The SMILES string of the molecule is CC(=O)Cc1nc(Cl)c2cc(N)ccn12. The Bertz CT molecular complexity index is 533. The van der Waals surface area contributed by atoms with E-state index in [4.69, 9.17) is 17.3 Å². The molecular formula is C10H10ClN3O. The molecule has 0 saturated heterocycles. The van der Waals surface area contributed by atoms with Gasteiger partial charge in [-0.25, -0.2) is 4.98 Å². The fraction of sp³-hybridized carbons (Fsp3) is 0.200. The Morgan fingerprint density at radius 3 is 3.07 bits per heavy atom. The van der Waals surface area contributed by atoms with Crippen LogP contribution >= 0.6 is 11.6 Å². The number of nitrogens with zero attached hydrogens (tertiary/aromatic N) is 2. The van der Waals surface area contributed by atoms with E-state index in [9.17, 15) is 4.79 Å². The summed E-state index contributed by atoms with van der Waals surface area (Å²) in [5, 5.41) is 0.374. The van der Waals surface area contributed by atoms with Gasteiger partial charge in [0.05, 0.1) is 11.9 Å². The Morgan fingerprint density at radius 2 is 2.40 bits per heavy atom. The predicted octanol–water partition coefficient (Wildman–Crippen LogP) is 1.70. The first-order valence-electron chi connectivity index (χ1n) is 4.49. The van der Waals surface area contributed by atoms with E-state index in [0.717, 1.165) is 5.52 Å². The molecule has 2 aromatic heterocycles. The summed E-state index contributed by atoms with van der Waals surface area (Å²) < 4.78 is 1.78. The zero-order chi connectivity index (χ0) is 11.0. The van der Waals surface area contributed by atoms with Gasteiger partial charge in [-0.3, -0.25) is 4.79 Å². The molecule has 0 aliphatic carbocycles. The molecule has 2 rings (SSSR count). The van der Waals surface area contributed by atoms with E-state index < -0.39 is 0 Å². The number of hydrogen-bond donors (Lipinski definition) is 1. The number of nitrogens with two attached hydrogens (primary N) is 1. The quantitative estimate of drug-likeness (QED) is 0.843. The van der Waals surface area contributed by atoms with Crippen molar-refractivity contribution in [1.29, 1.82) is 0 Å². The van der Waals surface area contributed by atoms with Crippen LogP contribution < -0.4 is 5.73 Å². The van der Waals surface area contributed by atoms with E-state index in [1.165, 1.54) is 6.92 Å². The first-order valence-corrected chi connectivity index (χ1v) is 4.87. The lowest BCUT2D eigenvalue weighted by atomic mass is 10.3. The molecule has 2 aromatic rings. The summed E-state index contributed by atoms with van der Waals surface area (Å²) in [6.45, 7) is 1.52. The summed E-state index contributed by atoms with van der Waals surface area (Å²) in [5.74, 6) is 0.692. The maximum Gasteiger partial charge on any atom is 0.155 e. The van der Waals surface area contributed by atoms with Crippen LogP contribution in [-0.4, -0.2) is 15.2 Å². The number of ketones is 1. The van der Waals surface area contributed by atoms with E-state index in [1.54, 1.807) is 22.7 Å². The summed E-state index contributed by atoms with van der Waals surface area (Å²) in [5.41, 5.74) is 6.99. The molecular weight excluding hydrogens is 214 g/mol. The highest BCUT2D eigenvalue weighted by atomic mass is 35.5. The van der Waals surface area contributed by atoms with Crippen molar-refractivity contribution in [2.24, 2.45) is 0 Å². The topological polar surface area (TPSA) is 60.4 Å². The third-order valence-corrected chi connectivity index (χ3v) is 2.38. The first-order chi connectivity index (χ1) is 7.08. The highest BCUT2D eigenvalue weighted by Gasteiger charge is 2.10. The van der Waals surface area contributed by atoms with E-state index in [1.807, 2.05) is 0 Å². The molecule has 2 N–H and O–H groups in total. The van der Waals surface area contributed by atoms with Gasteiger partial charge in [0.25, 0.3) is 0 Å². The van der Waals surface area contributed by atoms with Crippen LogP contribution in [0.4, 0.5) is 5.69 Å². The molecule has 0 amide bonds. The normalized spacial score (nSPS) is 10.8. The number of Topliss-reactive ketones (excluding diaryl/α,β-unsaturated/α-hetero) is 1. The molecule has 0 bridgehead atoms. The van der Waals surface area contributed by atoms with E-state index in [0.29, 0.717) is 16.7 Å². The van der Waals surface area contributed by atoms with Crippen molar-refractivity contribution >= 4 is 28.6 Å². The number of rotatable bonds is 2. The summed E-state index contributed by atoms with van der Waals surface area (Å²) >= 11 is 5.93. The van der Waals surface area contributed by atoms with Crippen LogP contribution in [0.15, 0.2) is 18.3 Å². The molecule has 0 atom stereocenters. The number of anilines is 1. The summed E-state index contributed by atoms with van der Waals surface area (Å²) in [6, 6.07) is 3.48. The molecule has 5 heteroatoms. The number of nitrogen functional groups attached to an aromatic ring is 1. The van der Waals surface area contributed by atoms with Gasteiger partial charge in [-0.05, 0) is 19.1 Å². The van der Waals surface area contributed by atoms with Crippen LogP contribution in [0, 0.1) is 0 Å². The van der Waals surface area contributed by atoms with E-state index in [2.05, 4.69) is 4.98 Å². The maximum atomic E-state index is 11.0.